The number of rotatable bonds is 7. The molecule has 0 aromatic heterocycles. The van der Waals surface area contributed by atoms with Gasteiger partial charge in [0.25, 0.3) is 0 Å². The summed E-state index contributed by atoms with van der Waals surface area (Å²) in [7, 11) is 7.38. The van der Waals surface area contributed by atoms with Gasteiger partial charge in [-0.05, 0) is 25.7 Å². The highest BCUT2D eigenvalue weighted by atomic mass is 32.5. The molecule has 1 heterocycles. The zero-order chi connectivity index (χ0) is 14.6. The second-order valence-corrected chi connectivity index (χ2v) is 8.58. The third-order valence-corrected chi connectivity index (χ3v) is 5.30. The Labute approximate surface area is 121 Å². The van der Waals surface area contributed by atoms with E-state index in [1.807, 2.05) is 13.8 Å². The van der Waals surface area contributed by atoms with Crippen molar-refractivity contribution >= 4 is 26.1 Å². The van der Waals surface area contributed by atoms with Gasteiger partial charge >= 0.3 is 0 Å². The van der Waals surface area contributed by atoms with Gasteiger partial charge in [0.15, 0.2) is 6.49 Å². The first kappa shape index (κ1) is 17.6. The van der Waals surface area contributed by atoms with Gasteiger partial charge in [0.05, 0.1) is 12.7 Å². The maximum Gasteiger partial charge on any atom is 0.186 e. The fraction of sp³-hybridized carbons (Fsp3) is 1.00. The van der Waals surface area contributed by atoms with Crippen molar-refractivity contribution in [1.29, 1.82) is 0 Å². The average Bonchev–Trinajstić information content (AvgIpc) is 2.62. The molecule has 3 unspecified atom stereocenters. The summed E-state index contributed by atoms with van der Waals surface area (Å²) >= 11 is 5.06. The lowest BCUT2D eigenvalue weighted by Gasteiger charge is -2.27. The van der Waals surface area contributed by atoms with E-state index in [9.17, 15) is 4.89 Å². The molecule has 2 radical (unpaired) electrons. The van der Waals surface area contributed by atoms with E-state index in [2.05, 4.69) is 0 Å². The van der Waals surface area contributed by atoms with Crippen LogP contribution in [0.2, 0.25) is 0 Å². The molecule has 0 saturated carbocycles. The largest absolute Gasteiger partial charge is 0.377 e. The Hall–Kier alpha value is 0.515. The van der Waals surface area contributed by atoms with E-state index < -0.39 is 24.7 Å². The van der Waals surface area contributed by atoms with Crippen LogP contribution in [0.15, 0.2) is 0 Å². The normalized spacial score (nSPS) is 34.6. The molecule has 1 N–H and O–H groups in total. The van der Waals surface area contributed by atoms with E-state index in [1.165, 1.54) is 7.11 Å². The first-order chi connectivity index (χ1) is 8.80. The van der Waals surface area contributed by atoms with Gasteiger partial charge in [-0.15, -0.1) is 0 Å². The summed E-state index contributed by atoms with van der Waals surface area (Å²) in [6.07, 6.45) is -0.882. The molecule has 1 saturated heterocycles. The fourth-order valence-electron chi connectivity index (χ4n) is 1.84. The summed E-state index contributed by atoms with van der Waals surface area (Å²) in [4.78, 5) is 9.99. The van der Waals surface area contributed by atoms with Crippen LogP contribution in [0.25, 0.3) is 0 Å². The zero-order valence-corrected chi connectivity index (χ0v) is 13.5. The van der Waals surface area contributed by atoms with Gasteiger partial charge in [-0.1, -0.05) is 6.92 Å². The Morgan fingerprint density at radius 2 is 2.05 bits per heavy atom. The van der Waals surface area contributed by atoms with Gasteiger partial charge in [-0.2, -0.15) is 0 Å². The molecule has 19 heavy (non-hydrogen) atoms. The fourth-order valence-corrected chi connectivity index (χ4v) is 2.92. The highest BCUT2D eigenvalue weighted by molar-refractivity contribution is 8.09. The van der Waals surface area contributed by atoms with E-state index in [4.69, 9.17) is 38.4 Å². The number of hydrogen-bond acceptors (Lipinski definition) is 5. The predicted octanol–water partition coefficient (Wildman–Crippen LogP) is 1.03. The summed E-state index contributed by atoms with van der Waals surface area (Å²) in [5, 5.41) is 0. The van der Waals surface area contributed by atoms with Crippen LogP contribution in [0.4, 0.5) is 0 Å². The van der Waals surface area contributed by atoms with Crippen LogP contribution in [0.5, 0.6) is 0 Å². The predicted molar refractivity (Wildman–Crippen MR) is 78.2 cm³/mol. The molecule has 1 aliphatic heterocycles. The standard InChI is InChI=1S/C11H22BO5PS/c1-5-18(13,19)17-9-8(6-15-7(2)3)16-11(12)10(9)14-4/h7-11H,5-6H2,1-4H3,(H,13,19)/t8-,9?,10?,11-,18?/m1/s1. The Morgan fingerprint density at radius 3 is 2.53 bits per heavy atom. The molecule has 1 aliphatic rings. The van der Waals surface area contributed by atoms with Crippen molar-refractivity contribution in [2.75, 3.05) is 19.9 Å². The third-order valence-electron chi connectivity index (χ3n) is 2.90. The molecular weight excluding hydrogens is 286 g/mol. The number of methoxy groups -OCH3 is 1. The van der Waals surface area contributed by atoms with Gasteiger partial charge in [-0.3, -0.25) is 0 Å². The summed E-state index contributed by atoms with van der Waals surface area (Å²) in [5.74, 6) is 0. The van der Waals surface area contributed by atoms with E-state index >= 15 is 0 Å². The Bertz CT molecular complexity index is 330. The van der Waals surface area contributed by atoms with Crippen molar-refractivity contribution in [3.63, 3.8) is 0 Å². The first-order valence-corrected chi connectivity index (χ1v) is 9.22. The number of hydrogen-bond donors (Lipinski definition) is 1. The molecule has 0 bridgehead atoms. The lowest BCUT2D eigenvalue weighted by molar-refractivity contribution is -0.0430. The van der Waals surface area contributed by atoms with Gasteiger partial charge in [0, 0.05) is 19.3 Å². The van der Waals surface area contributed by atoms with Crippen LogP contribution in [-0.4, -0.2) is 63.0 Å². The summed E-state index contributed by atoms with van der Waals surface area (Å²) in [6, 6.07) is -0.609. The second-order valence-electron chi connectivity index (χ2n) is 4.75. The molecule has 1 rings (SSSR count). The van der Waals surface area contributed by atoms with Crippen LogP contribution in [0, 0.1) is 0 Å². The molecule has 1 fully saturated rings. The van der Waals surface area contributed by atoms with Crippen LogP contribution >= 0.6 is 6.49 Å². The van der Waals surface area contributed by atoms with Crippen molar-refractivity contribution < 1.29 is 23.6 Å². The molecular formula is C11H22BO5PS. The third kappa shape index (κ3) is 5.08. The van der Waals surface area contributed by atoms with E-state index in [0.717, 1.165) is 0 Å². The van der Waals surface area contributed by atoms with Crippen molar-refractivity contribution in [1.82, 2.24) is 0 Å². The van der Waals surface area contributed by atoms with Crippen molar-refractivity contribution in [2.24, 2.45) is 0 Å². The van der Waals surface area contributed by atoms with Crippen LogP contribution < -0.4 is 0 Å². The SMILES string of the molecule is [B][C@@H]1O[C@H](COC(C)C)C(OP(O)(=S)CC)C1OC. The highest BCUT2D eigenvalue weighted by Gasteiger charge is 2.45. The van der Waals surface area contributed by atoms with Crippen LogP contribution in [0.1, 0.15) is 20.8 Å². The molecule has 8 heteroatoms. The zero-order valence-electron chi connectivity index (χ0n) is 11.8. The molecule has 5 atom stereocenters. The molecule has 0 spiro atoms. The van der Waals surface area contributed by atoms with Crippen LogP contribution in [0.3, 0.4) is 0 Å². The average molecular weight is 308 g/mol. The van der Waals surface area contributed by atoms with Crippen molar-refractivity contribution in [3.8, 4) is 0 Å². The highest BCUT2D eigenvalue weighted by Crippen LogP contribution is 2.46. The number of ether oxygens (including phenoxy) is 3. The molecule has 5 nitrogen and oxygen atoms in total. The molecule has 110 valence electrons. The molecule has 0 aromatic carbocycles. The van der Waals surface area contributed by atoms with E-state index in [-0.39, 0.29) is 12.2 Å². The van der Waals surface area contributed by atoms with Crippen LogP contribution in [-0.2, 0) is 30.5 Å². The lowest BCUT2D eigenvalue weighted by atomic mass is 9.93. The summed E-state index contributed by atoms with van der Waals surface area (Å²) < 4.78 is 22.0. The van der Waals surface area contributed by atoms with Gasteiger partial charge in [0.2, 0.25) is 0 Å². The summed E-state index contributed by atoms with van der Waals surface area (Å²) in [6.45, 7) is 3.16. The first-order valence-electron chi connectivity index (χ1n) is 6.36. The van der Waals surface area contributed by atoms with Gasteiger partial charge < -0.3 is 23.6 Å². The Balaban J connectivity index is 2.75. The van der Waals surface area contributed by atoms with Gasteiger partial charge in [-0.25, -0.2) is 0 Å². The molecule has 0 aromatic rings. The van der Waals surface area contributed by atoms with Gasteiger partial charge in [0.1, 0.15) is 26.2 Å². The smallest absolute Gasteiger partial charge is 0.186 e. The van der Waals surface area contributed by atoms with Crippen molar-refractivity contribution in [2.45, 2.75) is 51.2 Å². The minimum atomic E-state index is -2.82. The summed E-state index contributed by atoms with van der Waals surface area (Å²) in [5.41, 5.74) is 0. The second kappa shape index (κ2) is 7.50. The minimum Gasteiger partial charge on any atom is -0.377 e. The maximum atomic E-state index is 9.99. The molecule has 0 amide bonds. The Kier molecular flexibility index (Phi) is 6.94. The lowest BCUT2D eigenvalue weighted by Crippen LogP contribution is -2.38. The molecule has 0 aliphatic carbocycles. The minimum absolute atomic E-state index is 0.0745. The van der Waals surface area contributed by atoms with E-state index in [0.29, 0.717) is 12.8 Å². The topological polar surface area (TPSA) is 57.2 Å². The van der Waals surface area contributed by atoms with Crippen molar-refractivity contribution in [3.05, 3.63) is 0 Å². The Morgan fingerprint density at radius 1 is 1.42 bits per heavy atom. The maximum absolute atomic E-state index is 9.99. The monoisotopic (exact) mass is 308 g/mol. The van der Waals surface area contributed by atoms with E-state index in [1.54, 1.807) is 6.92 Å². The quantitative estimate of drug-likeness (QED) is 0.560.